The molecule has 0 aliphatic carbocycles. The number of hydrogen-bond donors (Lipinski definition) is 2. The zero-order valence-electron chi connectivity index (χ0n) is 24.8. The van der Waals surface area contributed by atoms with Gasteiger partial charge in [0.1, 0.15) is 6.04 Å². The monoisotopic (exact) mass is 606 g/mol. The van der Waals surface area contributed by atoms with Crippen LogP contribution in [-0.4, -0.2) is 82.0 Å². The molecule has 0 bridgehead atoms. The molecular weight excluding hydrogens is 564 g/mol. The molecule has 1 aliphatic rings. The van der Waals surface area contributed by atoms with Gasteiger partial charge in [0.05, 0.1) is 18.1 Å². The van der Waals surface area contributed by atoms with Crippen LogP contribution >= 0.6 is 0 Å². The Morgan fingerprint density at radius 3 is 2.14 bits per heavy atom. The molecular formula is C33H42N4O5S. The van der Waals surface area contributed by atoms with E-state index in [2.05, 4.69) is 14.9 Å². The fraction of sp³-hybridized carbons (Fsp3) is 0.394. The highest BCUT2D eigenvalue weighted by Crippen LogP contribution is 2.18. The third-order valence-electron chi connectivity index (χ3n) is 7.49. The van der Waals surface area contributed by atoms with E-state index in [-0.39, 0.29) is 23.1 Å². The first-order valence-corrected chi connectivity index (χ1v) is 16.4. The molecule has 43 heavy (non-hydrogen) atoms. The molecule has 1 fully saturated rings. The second kappa shape index (κ2) is 16.3. The summed E-state index contributed by atoms with van der Waals surface area (Å²) in [6, 6.07) is 25.3. The van der Waals surface area contributed by atoms with Crippen molar-refractivity contribution in [2.24, 2.45) is 0 Å². The number of benzene rings is 3. The van der Waals surface area contributed by atoms with Crippen molar-refractivity contribution in [2.45, 2.75) is 43.7 Å². The van der Waals surface area contributed by atoms with E-state index in [4.69, 9.17) is 4.74 Å². The maximum atomic E-state index is 13.9. The molecule has 3 aromatic carbocycles. The molecule has 0 radical (unpaired) electrons. The van der Waals surface area contributed by atoms with Crippen molar-refractivity contribution in [1.29, 1.82) is 0 Å². The molecule has 0 saturated carbocycles. The molecule has 2 N–H and O–H groups in total. The van der Waals surface area contributed by atoms with Crippen molar-refractivity contribution in [3.05, 3.63) is 102 Å². The summed E-state index contributed by atoms with van der Waals surface area (Å²) in [5.74, 6) is -0.322. The number of aryl methyl sites for hydroxylation is 1. The molecule has 1 atom stereocenters. The molecule has 10 heteroatoms. The number of hydrogen-bond acceptors (Lipinski definition) is 6. The van der Waals surface area contributed by atoms with Gasteiger partial charge < -0.3 is 15.0 Å². The van der Waals surface area contributed by atoms with E-state index in [9.17, 15) is 18.0 Å². The molecule has 3 aromatic rings. The number of morpholine rings is 1. The molecule has 230 valence electrons. The molecule has 0 spiro atoms. The van der Waals surface area contributed by atoms with Gasteiger partial charge in [-0.15, -0.1) is 0 Å². The average Bonchev–Trinajstić information content (AvgIpc) is 3.03. The summed E-state index contributed by atoms with van der Waals surface area (Å²) in [5.41, 5.74) is 2.75. The number of ether oxygens (including phenoxy) is 1. The van der Waals surface area contributed by atoms with Crippen LogP contribution in [0.5, 0.6) is 0 Å². The van der Waals surface area contributed by atoms with Gasteiger partial charge in [0.25, 0.3) is 0 Å². The number of rotatable bonds is 15. The normalized spacial score (nSPS) is 14.6. The standard InChI is InChI=1S/C33H42N4O5S/c1-2-35-43(40,41)30-16-13-27(14-17-30)15-18-32(38)37(26-29-11-7-4-8-12-29)31(25-28-9-5-3-6-10-28)33(39)34-19-20-36-21-23-42-24-22-36/h3-14,16-17,31,35H,2,15,18-26H2,1H3,(H,34,39)/t31-/m1/s1. The second-order valence-electron chi connectivity index (χ2n) is 10.6. The minimum Gasteiger partial charge on any atom is -0.379 e. The fourth-order valence-electron chi connectivity index (χ4n) is 5.12. The van der Waals surface area contributed by atoms with Crippen LogP contribution in [0.1, 0.15) is 30.0 Å². The SMILES string of the molecule is CCNS(=O)(=O)c1ccc(CCC(=O)N(Cc2ccccc2)[C@H](Cc2ccccc2)C(=O)NCCN2CCOCC2)cc1. The largest absolute Gasteiger partial charge is 0.379 e. The summed E-state index contributed by atoms with van der Waals surface area (Å²) in [6.07, 6.45) is 0.987. The van der Waals surface area contributed by atoms with Gasteiger partial charge in [0, 0.05) is 52.1 Å². The van der Waals surface area contributed by atoms with Gasteiger partial charge in [-0.1, -0.05) is 79.7 Å². The van der Waals surface area contributed by atoms with Crippen LogP contribution in [0.15, 0.2) is 89.8 Å². The molecule has 0 aromatic heterocycles. The maximum absolute atomic E-state index is 13.9. The predicted molar refractivity (Wildman–Crippen MR) is 167 cm³/mol. The Morgan fingerprint density at radius 2 is 1.51 bits per heavy atom. The Hall–Kier alpha value is -3.57. The lowest BCUT2D eigenvalue weighted by molar-refractivity contribution is -0.141. The van der Waals surface area contributed by atoms with E-state index in [1.807, 2.05) is 60.7 Å². The third kappa shape index (κ3) is 10.00. The van der Waals surface area contributed by atoms with E-state index >= 15 is 0 Å². The maximum Gasteiger partial charge on any atom is 0.243 e. The zero-order chi connectivity index (χ0) is 30.5. The number of nitrogens with zero attached hydrogens (tertiary/aromatic N) is 2. The van der Waals surface area contributed by atoms with Crippen LogP contribution in [0.25, 0.3) is 0 Å². The summed E-state index contributed by atoms with van der Waals surface area (Å²) in [6.45, 7) is 6.60. The van der Waals surface area contributed by atoms with Crippen molar-refractivity contribution in [3.63, 3.8) is 0 Å². The van der Waals surface area contributed by atoms with E-state index in [1.165, 1.54) is 0 Å². The molecule has 9 nitrogen and oxygen atoms in total. The number of sulfonamides is 1. The first-order valence-electron chi connectivity index (χ1n) is 14.9. The zero-order valence-corrected chi connectivity index (χ0v) is 25.6. The number of amides is 2. The van der Waals surface area contributed by atoms with Crippen LogP contribution in [-0.2, 0) is 43.7 Å². The number of nitrogens with one attached hydrogen (secondary N) is 2. The predicted octanol–water partition coefficient (Wildman–Crippen LogP) is 3.01. The molecule has 4 rings (SSSR count). The van der Waals surface area contributed by atoms with Gasteiger partial charge in [-0.05, 0) is 35.2 Å². The van der Waals surface area contributed by atoms with Gasteiger partial charge >= 0.3 is 0 Å². The fourth-order valence-corrected chi connectivity index (χ4v) is 6.16. The Kier molecular flexibility index (Phi) is 12.3. The third-order valence-corrected chi connectivity index (χ3v) is 9.05. The van der Waals surface area contributed by atoms with Gasteiger partial charge in [-0.2, -0.15) is 0 Å². The summed E-state index contributed by atoms with van der Waals surface area (Å²) < 4.78 is 32.5. The summed E-state index contributed by atoms with van der Waals surface area (Å²) in [7, 11) is -3.55. The van der Waals surface area contributed by atoms with Gasteiger partial charge in [-0.25, -0.2) is 13.1 Å². The second-order valence-corrected chi connectivity index (χ2v) is 12.4. The molecule has 1 heterocycles. The van der Waals surface area contributed by atoms with Crippen LogP contribution in [0.2, 0.25) is 0 Å². The minimum atomic E-state index is -3.55. The Morgan fingerprint density at radius 1 is 0.884 bits per heavy atom. The highest BCUT2D eigenvalue weighted by Gasteiger charge is 2.30. The molecule has 0 unspecified atom stereocenters. The van der Waals surface area contributed by atoms with Crippen LogP contribution in [0.4, 0.5) is 0 Å². The van der Waals surface area contributed by atoms with Crippen molar-refractivity contribution in [2.75, 3.05) is 45.9 Å². The lowest BCUT2D eigenvalue weighted by atomic mass is 10.0. The van der Waals surface area contributed by atoms with E-state index in [1.54, 1.807) is 36.1 Å². The minimum absolute atomic E-state index is 0.141. The quantitative estimate of drug-likeness (QED) is 0.276. The number of carbonyl (C=O) groups excluding carboxylic acids is 2. The first kappa shape index (κ1) is 32.3. The first-order chi connectivity index (χ1) is 20.9. The summed E-state index contributed by atoms with van der Waals surface area (Å²) in [4.78, 5) is 31.8. The Labute approximate surface area is 255 Å². The van der Waals surface area contributed by atoms with Crippen molar-refractivity contribution >= 4 is 21.8 Å². The highest BCUT2D eigenvalue weighted by molar-refractivity contribution is 7.89. The molecule has 1 aliphatic heterocycles. The van der Waals surface area contributed by atoms with E-state index in [0.29, 0.717) is 45.7 Å². The smallest absolute Gasteiger partial charge is 0.243 e. The van der Waals surface area contributed by atoms with Crippen LogP contribution in [0, 0.1) is 0 Å². The highest BCUT2D eigenvalue weighted by atomic mass is 32.2. The van der Waals surface area contributed by atoms with Crippen molar-refractivity contribution in [1.82, 2.24) is 19.8 Å². The lowest BCUT2D eigenvalue weighted by Crippen LogP contribution is -2.52. The van der Waals surface area contributed by atoms with E-state index < -0.39 is 16.1 Å². The van der Waals surface area contributed by atoms with Gasteiger partial charge in [0.2, 0.25) is 21.8 Å². The van der Waals surface area contributed by atoms with Crippen molar-refractivity contribution in [3.8, 4) is 0 Å². The molecule has 1 saturated heterocycles. The Balaban J connectivity index is 1.51. The van der Waals surface area contributed by atoms with Gasteiger partial charge in [0.15, 0.2) is 0 Å². The van der Waals surface area contributed by atoms with E-state index in [0.717, 1.165) is 36.3 Å². The average molecular weight is 607 g/mol. The Bertz CT molecular complexity index is 1400. The van der Waals surface area contributed by atoms with Crippen LogP contribution in [0.3, 0.4) is 0 Å². The molecule has 2 amide bonds. The van der Waals surface area contributed by atoms with Crippen molar-refractivity contribution < 1.29 is 22.7 Å². The van der Waals surface area contributed by atoms with Gasteiger partial charge in [-0.3, -0.25) is 14.5 Å². The number of carbonyl (C=O) groups is 2. The van der Waals surface area contributed by atoms with Crippen LogP contribution < -0.4 is 10.0 Å². The lowest BCUT2D eigenvalue weighted by Gasteiger charge is -2.32. The summed E-state index contributed by atoms with van der Waals surface area (Å²) >= 11 is 0. The summed E-state index contributed by atoms with van der Waals surface area (Å²) in [5, 5.41) is 3.10. The topological polar surface area (TPSA) is 108 Å².